The molecular formula is C12H16BNO5. The summed E-state index contributed by atoms with van der Waals surface area (Å²) in [5.74, 6) is 0.0211. The Morgan fingerprint density at radius 2 is 1.84 bits per heavy atom. The van der Waals surface area contributed by atoms with E-state index < -0.39 is 24.5 Å². The van der Waals surface area contributed by atoms with E-state index in [1.54, 1.807) is 6.07 Å². The number of rotatable bonds is 2. The van der Waals surface area contributed by atoms with Crippen molar-refractivity contribution >= 4 is 18.7 Å². The normalized spacial score (nSPS) is 20.3. The van der Waals surface area contributed by atoms with E-state index in [1.165, 1.54) is 12.3 Å². The lowest BCUT2D eigenvalue weighted by atomic mass is 9.80. The summed E-state index contributed by atoms with van der Waals surface area (Å²) in [6.45, 7) is 7.84. The monoisotopic (exact) mass is 265 g/mol. The van der Waals surface area contributed by atoms with Crippen molar-refractivity contribution in [1.82, 2.24) is 4.98 Å². The minimum Gasteiger partial charge on any atom is -0.449 e. The summed E-state index contributed by atoms with van der Waals surface area (Å²) < 4.78 is 16.1. The number of nitrogens with zero attached hydrogens (tertiary/aromatic N) is 1. The average molecular weight is 265 g/mol. The molecule has 1 aliphatic rings. The van der Waals surface area contributed by atoms with Crippen molar-refractivity contribution in [1.29, 1.82) is 0 Å². The van der Waals surface area contributed by atoms with Gasteiger partial charge >= 0.3 is 13.3 Å². The summed E-state index contributed by atoms with van der Waals surface area (Å²) in [7, 11) is -0.517. The lowest BCUT2D eigenvalue weighted by Crippen LogP contribution is -2.41. The maximum absolute atomic E-state index is 10.4. The summed E-state index contributed by atoms with van der Waals surface area (Å²) in [5.41, 5.74) is -0.127. The van der Waals surface area contributed by atoms with E-state index in [0.717, 1.165) is 5.46 Å². The summed E-state index contributed by atoms with van der Waals surface area (Å²) in [4.78, 5) is 14.3. The van der Waals surface area contributed by atoms with E-state index in [4.69, 9.17) is 14.4 Å². The zero-order valence-electron chi connectivity index (χ0n) is 11.3. The number of carbonyl (C=O) groups is 1. The second-order valence-electron chi connectivity index (χ2n) is 5.39. The standard InChI is InChI=1S/C12H16BNO5/c1-11(2)12(3,4)19-13(18-11)8-5-6-9(14-7-8)17-10(15)16/h5-7H,1-4H3,(H,15,16). The molecule has 0 radical (unpaired) electrons. The van der Waals surface area contributed by atoms with Crippen LogP contribution in [0.25, 0.3) is 0 Å². The molecule has 0 saturated carbocycles. The number of aromatic nitrogens is 1. The molecule has 0 aromatic carbocycles. The van der Waals surface area contributed by atoms with Gasteiger partial charge in [-0.1, -0.05) is 6.07 Å². The Kier molecular flexibility index (Phi) is 3.28. The molecule has 0 unspecified atom stereocenters. The van der Waals surface area contributed by atoms with Gasteiger partial charge in [-0.05, 0) is 27.7 Å². The molecule has 0 bridgehead atoms. The Morgan fingerprint density at radius 3 is 2.26 bits per heavy atom. The third-order valence-electron chi connectivity index (χ3n) is 3.48. The molecule has 1 N–H and O–H groups in total. The summed E-state index contributed by atoms with van der Waals surface area (Å²) in [6.07, 6.45) is 0.0938. The Labute approximate surface area is 111 Å². The van der Waals surface area contributed by atoms with Crippen LogP contribution in [0.2, 0.25) is 0 Å². The highest BCUT2D eigenvalue weighted by Crippen LogP contribution is 2.36. The van der Waals surface area contributed by atoms with E-state index in [9.17, 15) is 4.79 Å². The molecule has 0 aliphatic carbocycles. The summed E-state index contributed by atoms with van der Waals surface area (Å²) in [6, 6.07) is 3.14. The van der Waals surface area contributed by atoms with E-state index >= 15 is 0 Å². The molecule has 1 aromatic rings. The number of hydrogen-bond donors (Lipinski definition) is 1. The van der Waals surface area contributed by atoms with Crippen molar-refractivity contribution in [3.63, 3.8) is 0 Å². The van der Waals surface area contributed by atoms with Gasteiger partial charge in [0.1, 0.15) is 0 Å². The van der Waals surface area contributed by atoms with E-state index in [2.05, 4.69) is 9.72 Å². The van der Waals surface area contributed by atoms with Gasteiger partial charge < -0.3 is 19.2 Å². The molecule has 6 nitrogen and oxygen atoms in total. The quantitative estimate of drug-likeness (QED) is 0.643. The van der Waals surface area contributed by atoms with Gasteiger partial charge in [-0.2, -0.15) is 0 Å². The summed E-state index contributed by atoms with van der Waals surface area (Å²) >= 11 is 0. The zero-order valence-corrected chi connectivity index (χ0v) is 11.3. The average Bonchev–Trinajstić information content (AvgIpc) is 2.48. The molecule has 102 valence electrons. The van der Waals surface area contributed by atoms with E-state index in [1.807, 2.05) is 27.7 Å². The van der Waals surface area contributed by atoms with Crippen molar-refractivity contribution < 1.29 is 23.9 Å². The predicted octanol–water partition coefficient (Wildman–Crippen LogP) is 1.44. The molecule has 2 rings (SSSR count). The van der Waals surface area contributed by atoms with Gasteiger partial charge in [0.05, 0.1) is 11.2 Å². The molecule has 1 aromatic heterocycles. The summed E-state index contributed by atoms with van der Waals surface area (Å²) in [5, 5.41) is 8.47. The fraction of sp³-hybridized carbons (Fsp3) is 0.500. The lowest BCUT2D eigenvalue weighted by Gasteiger charge is -2.32. The van der Waals surface area contributed by atoms with Gasteiger partial charge in [0, 0.05) is 17.7 Å². The predicted molar refractivity (Wildman–Crippen MR) is 68.6 cm³/mol. The van der Waals surface area contributed by atoms with Gasteiger partial charge in [0.25, 0.3) is 0 Å². The first-order valence-electron chi connectivity index (χ1n) is 5.94. The fourth-order valence-corrected chi connectivity index (χ4v) is 1.66. The maximum Gasteiger partial charge on any atom is 0.512 e. The van der Waals surface area contributed by atoms with Crippen LogP contribution >= 0.6 is 0 Å². The van der Waals surface area contributed by atoms with Crippen LogP contribution < -0.4 is 10.2 Å². The highest BCUT2D eigenvalue weighted by atomic mass is 16.7. The van der Waals surface area contributed by atoms with Gasteiger partial charge in [-0.15, -0.1) is 0 Å². The third-order valence-corrected chi connectivity index (χ3v) is 3.48. The van der Waals surface area contributed by atoms with Crippen LogP contribution in [0.15, 0.2) is 18.3 Å². The van der Waals surface area contributed by atoms with Crippen LogP contribution in [-0.2, 0) is 9.31 Å². The van der Waals surface area contributed by atoms with E-state index in [0.29, 0.717) is 0 Å². The first kappa shape index (κ1) is 13.8. The molecule has 19 heavy (non-hydrogen) atoms. The topological polar surface area (TPSA) is 77.9 Å². The molecule has 1 fully saturated rings. The zero-order chi connectivity index (χ0) is 14.3. The van der Waals surface area contributed by atoms with Crippen LogP contribution in [0.4, 0.5) is 4.79 Å². The Bertz CT molecular complexity index is 469. The van der Waals surface area contributed by atoms with Crippen molar-refractivity contribution in [3.05, 3.63) is 18.3 Å². The highest BCUT2D eigenvalue weighted by Gasteiger charge is 2.51. The van der Waals surface area contributed by atoms with Gasteiger partial charge in [-0.25, -0.2) is 9.78 Å². The minimum atomic E-state index is -1.39. The number of pyridine rings is 1. The Morgan fingerprint density at radius 1 is 1.26 bits per heavy atom. The third kappa shape index (κ3) is 2.72. The number of hydrogen-bond acceptors (Lipinski definition) is 5. The van der Waals surface area contributed by atoms with Crippen LogP contribution in [0.1, 0.15) is 27.7 Å². The second kappa shape index (κ2) is 4.50. The minimum absolute atomic E-state index is 0.0211. The largest absolute Gasteiger partial charge is 0.512 e. The fourth-order valence-electron chi connectivity index (χ4n) is 1.66. The maximum atomic E-state index is 10.4. The van der Waals surface area contributed by atoms with Gasteiger partial charge in [0.15, 0.2) is 0 Å². The first-order chi connectivity index (χ1) is 8.71. The van der Waals surface area contributed by atoms with Crippen molar-refractivity contribution in [2.24, 2.45) is 0 Å². The highest BCUT2D eigenvalue weighted by molar-refractivity contribution is 6.62. The Balaban J connectivity index is 2.14. The molecule has 2 heterocycles. The van der Waals surface area contributed by atoms with E-state index in [-0.39, 0.29) is 5.88 Å². The van der Waals surface area contributed by atoms with Gasteiger partial charge in [-0.3, -0.25) is 0 Å². The molecule has 7 heteroatoms. The second-order valence-corrected chi connectivity index (χ2v) is 5.39. The van der Waals surface area contributed by atoms with Crippen LogP contribution in [-0.4, -0.2) is 34.6 Å². The van der Waals surface area contributed by atoms with Crippen molar-refractivity contribution in [3.8, 4) is 5.88 Å². The van der Waals surface area contributed by atoms with Crippen LogP contribution in [0.3, 0.4) is 0 Å². The number of carboxylic acid groups (broad SMARTS) is 1. The first-order valence-corrected chi connectivity index (χ1v) is 5.94. The van der Waals surface area contributed by atoms with Crippen molar-refractivity contribution in [2.75, 3.05) is 0 Å². The Hall–Kier alpha value is -1.60. The van der Waals surface area contributed by atoms with Crippen LogP contribution in [0, 0.1) is 0 Å². The number of ether oxygens (including phenoxy) is 1. The molecular weight excluding hydrogens is 249 g/mol. The molecule has 1 saturated heterocycles. The van der Waals surface area contributed by atoms with Gasteiger partial charge in [0.2, 0.25) is 5.88 Å². The lowest BCUT2D eigenvalue weighted by molar-refractivity contribution is 0.00578. The SMILES string of the molecule is CC1(C)OB(c2ccc(OC(=O)O)nc2)OC1(C)C. The molecule has 0 amide bonds. The smallest absolute Gasteiger partial charge is 0.449 e. The molecule has 0 atom stereocenters. The van der Waals surface area contributed by atoms with Crippen molar-refractivity contribution in [2.45, 2.75) is 38.9 Å². The van der Waals surface area contributed by atoms with Crippen LogP contribution in [0.5, 0.6) is 5.88 Å². The molecule has 1 aliphatic heterocycles. The molecule has 0 spiro atoms.